The molecule has 26 heavy (non-hydrogen) atoms. The Morgan fingerprint density at radius 2 is 2.19 bits per heavy atom. The number of aliphatic hydroxyl groups is 1. The average molecular weight is 380 g/mol. The van der Waals surface area contributed by atoms with Gasteiger partial charge in [-0.15, -0.1) is 0 Å². The Kier molecular flexibility index (Phi) is 6.55. The summed E-state index contributed by atoms with van der Waals surface area (Å²) in [6.07, 6.45) is 3.93. The lowest BCUT2D eigenvalue weighted by atomic mass is 9.58. The van der Waals surface area contributed by atoms with E-state index in [4.69, 9.17) is 4.74 Å². The Balaban J connectivity index is 1.46. The molecule has 1 saturated carbocycles. The first-order chi connectivity index (χ1) is 12.5. The minimum Gasteiger partial charge on any atom is -0.392 e. The maximum absolute atomic E-state index is 12.5. The number of aromatic nitrogens is 1. The number of likely N-dealkylation sites (tertiary alicyclic amines) is 1. The van der Waals surface area contributed by atoms with E-state index in [0.717, 1.165) is 30.8 Å². The number of thioether (sulfide) groups is 1. The van der Waals surface area contributed by atoms with Crippen LogP contribution in [0.2, 0.25) is 0 Å². The molecule has 6 nitrogen and oxygen atoms in total. The highest BCUT2D eigenvalue weighted by Crippen LogP contribution is 2.51. The standard InChI is InChI=1S/C19H29N3O3S/c1-21(2)11-12-25-16-13-15(23)19(16)6-9-22(10-7-19)18(24)14-26-17-5-3-4-8-20-17/h3-5,8,15-16,23H,6-7,9-14H2,1-2H3. The SMILES string of the molecule is CN(C)CCOC1CC(O)C12CCN(C(=O)CSc1ccccn1)CC2. The summed E-state index contributed by atoms with van der Waals surface area (Å²) in [5, 5.41) is 11.2. The lowest BCUT2D eigenvalue weighted by molar-refractivity contribution is -0.211. The quantitative estimate of drug-likeness (QED) is 0.724. The van der Waals surface area contributed by atoms with Crippen molar-refractivity contribution in [3.63, 3.8) is 0 Å². The van der Waals surface area contributed by atoms with Gasteiger partial charge < -0.3 is 19.6 Å². The molecule has 1 N–H and O–H groups in total. The van der Waals surface area contributed by atoms with Gasteiger partial charge in [-0.3, -0.25) is 4.79 Å². The van der Waals surface area contributed by atoms with Gasteiger partial charge in [0.15, 0.2) is 0 Å². The van der Waals surface area contributed by atoms with Crippen LogP contribution in [-0.2, 0) is 9.53 Å². The number of aliphatic hydroxyl groups excluding tert-OH is 1. The van der Waals surface area contributed by atoms with Crippen LogP contribution in [0.3, 0.4) is 0 Å². The second kappa shape index (κ2) is 8.69. The van der Waals surface area contributed by atoms with Crippen molar-refractivity contribution in [1.82, 2.24) is 14.8 Å². The monoisotopic (exact) mass is 379 g/mol. The average Bonchev–Trinajstić information content (AvgIpc) is 2.66. The molecule has 0 aromatic carbocycles. The maximum atomic E-state index is 12.5. The molecule has 1 spiro atoms. The van der Waals surface area contributed by atoms with Crippen LogP contribution in [0.5, 0.6) is 0 Å². The highest BCUT2D eigenvalue weighted by Gasteiger charge is 2.56. The molecule has 7 heteroatoms. The summed E-state index contributed by atoms with van der Waals surface area (Å²) in [5.74, 6) is 0.560. The molecule has 2 aliphatic rings. The van der Waals surface area contributed by atoms with Gasteiger partial charge in [0, 0.05) is 37.7 Å². The zero-order valence-corrected chi connectivity index (χ0v) is 16.5. The zero-order valence-electron chi connectivity index (χ0n) is 15.6. The summed E-state index contributed by atoms with van der Waals surface area (Å²) in [6, 6.07) is 5.72. The Bertz CT molecular complexity index is 591. The first kappa shape index (κ1) is 19.6. The summed E-state index contributed by atoms with van der Waals surface area (Å²) < 4.78 is 6.04. The van der Waals surface area contributed by atoms with E-state index in [-0.39, 0.29) is 23.5 Å². The van der Waals surface area contributed by atoms with Gasteiger partial charge in [-0.1, -0.05) is 17.8 Å². The fourth-order valence-corrected chi connectivity index (χ4v) is 4.59. The molecule has 2 fully saturated rings. The van der Waals surface area contributed by atoms with Crippen molar-refractivity contribution in [2.75, 3.05) is 46.1 Å². The molecule has 2 atom stereocenters. The van der Waals surface area contributed by atoms with Crippen molar-refractivity contribution in [3.05, 3.63) is 24.4 Å². The van der Waals surface area contributed by atoms with Crippen LogP contribution in [-0.4, -0.2) is 84.1 Å². The number of nitrogens with zero attached hydrogens (tertiary/aromatic N) is 3. The van der Waals surface area contributed by atoms with Gasteiger partial charge in [-0.2, -0.15) is 0 Å². The lowest BCUT2D eigenvalue weighted by Crippen LogP contribution is -2.63. The number of hydrogen-bond acceptors (Lipinski definition) is 6. The number of amides is 1. The lowest BCUT2D eigenvalue weighted by Gasteiger charge is -2.56. The molecule has 1 aromatic rings. The molecule has 2 heterocycles. The minimum absolute atomic E-state index is 0.123. The van der Waals surface area contributed by atoms with E-state index in [1.54, 1.807) is 6.20 Å². The first-order valence-corrected chi connectivity index (χ1v) is 10.3. The van der Waals surface area contributed by atoms with Crippen LogP contribution < -0.4 is 0 Å². The predicted molar refractivity (Wildman–Crippen MR) is 102 cm³/mol. The highest BCUT2D eigenvalue weighted by atomic mass is 32.2. The van der Waals surface area contributed by atoms with Crippen LogP contribution >= 0.6 is 11.8 Å². The molecular formula is C19H29N3O3S. The van der Waals surface area contributed by atoms with E-state index in [9.17, 15) is 9.90 Å². The minimum atomic E-state index is -0.299. The van der Waals surface area contributed by atoms with E-state index in [1.807, 2.05) is 37.2 Å². The van der Waals surface area contributed by atoms with Crippen LogP contribution in [0.15, 0.2) is 29.4 Å². The first-order valence-electron chi connectivity index (χ1n) is 9.27. The molecule has 2 unspecified atom stereocenters. The zero-order chi connectivity index (χ0) is 18.6. The van der Waals surface area contributed by atoms with Crippen molar-refractivity contribution in [2.45, 2.75) is 36.5 Å². The van der Waals surface area contributed by atoms with Gasteiger partial charge in [0.1, 0.15) is 0 Å². The Morgan fingerprint density at radius 1 is 1.42 bits per heavy atom. The number of likely N-dealkylation sites (N-methyl/N-ethyl adjacent to an activating group) is 1. The van der Waals surface area contributed by atoms with E-state index in [0.29, 0.717) is 25.4 Å². The Morgan fingerprint density at radius 3 is 2.81 bits per heavy atom. The molecule has 1 aliphatic carbocycles. The molecule has 1 aliphatic heterocycles. The number of piperidine rings is 1. The molecule has 1 amide bonds. The third-order valence-electron chi connectivity index (χ3n) is 5.63. The summed E-state index contributed by atoms with van der Waals surface area (Å²) in [6.45, 7) is 2.98. The number of hydrogen-bond donors (Lipinski definition) is 1. The second-order valence-corrected chi connectivity index (χ2v) is 8.48. The molecule has 0 bridgehead atoms. The van der Waals surface area contributed by atoms with Gasteiger partial charge in [0.2, 0.25) is 5.91 Å². The van der Waals surface area contributed by atoms with Crippen molar-refractivity contribution < 1.29 is 14.6 Å². The van der Waals surface area contributed by atoms with Crippen molar-refractivity contribution in [1.29, 1.82) is 0 Å². The summed E-state index contributed by atoms with van der Waals surface area (Å²) >= 11 is 1.48. The van der Waals surface area contributed by atoms with Gasteiger partial charge in [0.05, 0.1) is 29.6 Å². The van der Waals surface area contributed by atoms with Gasteiger partial charge in [0.25, 0.3) is 0 Å². The third-order valence-corrected chi connectivity index (χ3v) is 6.56. The van der Waals surface area contributed by atoms with Crippen LogP contribution in [0.25, 0.3) is 0 Å². The normalized spacial score (nSPS) is 24.7. The van der Waals surface area contributed by atoms with Crippen LogP contribution in [0.1, 0.15) is 19.3 Å². The number of pyridine rings is 1. The van der Waals surface area contributed by atoms with Crippen molar-refractivity contribution in [3.8, 4) is 0 Å². The van der Waals surface area contributed by atoms with Crippen molar-refractivity contribution in [2.24, 2.45) is 5.41 Å². The molecule has 1 saturated heterocycles. The molecule has 1 aromatic heterocycles. The van der Waals surface area contributed by atoms with Crippen molar-refractivity contribution >= 4 is 17.7 Å². The van der Waals surface area contributed by atoms with E-state index < -0.39 is 0 Å². The maximum Gasteiger partial charge on any atom is 0.232 e. The summed E-state index contributed by atoms with van der Waals surface area (Å²) in [5.41, 5.74) is -0.156. The number of carbonyl (C=O) groups excluding carboxylic acids is 1. The molecule has 3 rings (SSSR count). The molecular weight excluding hydrogens is 350 g/mol. The number of rotatable bonds is 7. The predicted octanol–water partition coefficient (Wildman–Crippen LogP) is 1.49. The fraction of sp³-hybridized carbons (Fsp3) is 0.684. The molecule has 144 valence electrons. The topological polar surface area (TPSA) is 65.9 Å². The van der Waals surface area contributed by atoms with Crippen LogP contribution in [0.4, 0.5) is 0 Å². The van der Waals surface area contributed by atoms with E-state index in [2.05, 4.69) is 9.88 Å². The fourth-order valence-electron chi connectivity index (χ4n) is 3.82. The number of carbonyl (C=O) groups is 1. The summed E-state index contributed by atoms with van der Waals surface area (Å²) in [4.78, 5) is 20.7. The van der Waals surface area contributed by atoms with Gasteiger partial charge in [-0.05, 0) is 39.1 Å². The molecule has 0 radical (unpaired) electrons. The Hall–Kier alpha value is -1.15. The smallest absolute Gasteiger partial charge is 0.232 e. The largest absolute Gasteiger partial charge is 0.392 e. The van der Waals surface area contributed by atoms with E-state index >= 15 is 0 Å². The van der Waals surface area contributed by atoms with E-state index in [1.165, 1.54) is 11.8 Å². The highest BCUT2D eigenvalue weighted by molar-refractivity contribution is 7.99. The second-order valence-electron chi connectivity index (χ2n) is 7.48. The summed E-state index contributed by atoms with van der Waals surface area (Å²) in [7, 11) is 4.06. The van der Waals surface area contributed by atoms with Gasteiger partial charge >= 0.3 is 0 Å². The van der Waals surface area contributed by atoms with Crippen LogP contribution in [0, 0.1) is 5.41 Å². The number of ether oxygens (including phenoxy) is 1. The van der Waals surface area contributed by atoms with Gasteiger partial charge in [-0.25, -0.2) is 4.98 Å². The third kappa shape index (κ3) is 4.39. The Labute approximate surface area is 159 Å².